The molecule has 0 saturated heterocycles. The molecule has 1 N–H and O–H groups in total. The molecule has 0 atom stereocenters. The average Bonchev–Trinajstić information content (AvgIpc) is 2.60. The summed E-state index contributed by atoms with van der Waals surface area (Å²) in [6.45, 7) is 3.82. The van der Waals surface area contributed by atoms with Gasteiger partial charge in [-0.05, 0) is 37.1 Å². The van der Waals surface area contributed by atoms with E-state index >= 15 is 0 Å². The highest BCUT2D eigenvalue weighted by Gasteiger charge is 2.13. The third kappa shape index (κ3) is 2.73. The van der Waals surface area contributed by atoms with Crippen LogP contribution in [0.5, 0.6) is 0 Å². The molecule has 2 heterocycles. The Morgan fingerprint density at radius 1 is 1.12 bits per heavy atom. The van der Waals surface area contributed by atoms with Crippen LogP contribution in [0.2, 0.25) is 0 Å². The van der Waals surface area contributed by atoms with Gasteiger partial charge in [0, 0.05) is 19.7 Å². The van der Waals surface area contributed by atoms with Crippen LogP contribution in [0, 0.1) is 13.8 Å². The van der Waals surface area contributed by atoms with Gasteiger partial charge in [-0.3, -0.25) is 18.7 Å². The molecule has 7 nitrogen and oxygen atoms in total. The van der Waals surface area contributed by atoms with E-state index in [2.05, 4.69) is 10.3 Å². The van der Waals surface area contributed by atoms with Crippen molar-refractivity contribution in [2.75, 3.05) is 5.32 Å². The van der Waals surface area contributed by atoms with Gasteiger partial charge < -0.3 is 5.32 Å². The third-order valence-electron chi connectivity index (χ3n) is 4.40. The van der Waals surface area contributed by atoms with Crippen molar-refractivity contribution in [3.8, 4) is 0 Å². The van der Waals surface area contributed by atoms with E-state index in [1.54, 1.807) is 13.1 Å². The maximum absolute atomic E-state index is 12.5. The van der Waals surface area contributed by atoms with E-state index in [0.717, 1.165) is 15.7 Å². The van der Waals surface area contributed by atoms with Gasteiger partial charge in [0.1, 0.15) is 5.65 Å². The van der Waals surface area contributed by atoms with Gasteiger partial charge in [-0.25, -0.2) is 9.78 Å². The van der Waals surface area contributed by atoms with E-state index in [4.69, 9.17) is 0 Å². The number of aromatic nitrogens is 3. The van der Waals surface area contributed by atoms with E-state index in [1.807, 2.05) is 26.0 Å². The number of nitrogens with one attached hydrogen (secondary N) is 1. The highest BCUT2D eigenvalue weighted by molar-refractivity contribution is 6.05. The lowest BCUT2D eigenvalue weighted by molar-refractivity contribution is 0.102. The Morgan fingerprint density at radius 2 is 1.84 bits per heavy atom. The SMILES string of the molecule is Cc1cccc(C(=O)Nc2cnc3c(c2)c(=O)n(C)c(=O)n3C)c1C. The molecule has 1 amide bonds. The summed E-state index contributed by atoms with van der Waals surface area (Å²) in [5.74, 6) is -0.274. The van der Waals surface area contributed by atoms with Crippen molar-refractivity contribution in [2.24, 2.45) is 14.1 Å². The maximum atomic E-state index is 12.5. The second kappa shape index (κ2) is 6.01. The average molecular weight is 338 g/mol. The number of pyridine rings is 1. The number of carbonyl (C=O) groups excluding carboxylic acids is 1. The number of fused-ring (bicyclic) bond motifs is 1. The minimum atomic E-state index is -0.451. The first-order valence-electron chi connectivity index (χ1n) is 7.74. The molecule has 1 aromatic carbocycles. The predicted octanol–water partition coefficient (Wildman–Crippen LogP) is 1.50. The van der Waals surface area contributed by atoms with E-state index in [0.29, 0.717) is 11.3 Å². The minimum absolute atomic E-state index is 0.267. The Labute approximate surface area is 143 Å². The van der Waals surface area contributed by atoms with Crippen LogP contribution in [0.4, 0.5) is 5.69 Å². The molecule has 3 aromatic rings. The first-order chi connectivity index (χ1) is 11.8. The summed E-state index contributed by atoms with van der Waals surface area (Å²) in [4.78, 5) is 40.9. The van der Waals surface area contributed by atoms with E-state index in [9.17, 15) is 14.4 Å². The zero-order valence-electron chi connectivity index (χ0n) is 14.5. The lowest BCUT2D eigenvalue weighted by atomic mass is 10.0. The summed E-state index contributed by atoms with van der Waals surface area (Å²) in [6.07, 6.45) is 1.43. The first-order valence-corrected chi connectivity index (χ1v) is 7.74. The Balaban J connectivity index is 2.06. The van der Waals surface area contributed by atoms with Gasteiger partial charge in [0.05, 0.1) is 17.3 Å². The van der Waals surface area contributed by atoms with Gasteiger partial charge >= 0.3 is 5.69 Å². The number of benzene rings is 1. The summed E-state index contributed by atoms with van der Waals surface area (Å²) in [6, 6.07) is 7.04. The standard InChI is InChI=1S/C18H18N4O3/c1-10-6-5-7-13(11(10)2)16(23)20-12-8-14-15(19-9-12)21(3)18(25)22(4)17(14)24/h5-9H,1-4H3,(H,20,23). The smallest absolute Gasteiger partial charge is 0.321 e. The lowest BCUT2D eigenvalue weighted by Gasteiger charge is -2.11. The van der Waals surface area contributed by atoms with Crippen LogP contribution in [-0.4, -0.2) is 20.0 Å². The number of aryl methyl sites for hydroxylation is 2. The summed E-state index contributed by atoms with van der Waals surface area (Å²) >= 11 is 0. The molecular weight excluding hydrogens is 320 g/mol. The Morgan fingerprint density at radius 3 is 2.56 bits per heavy atom. The van der Waals surface area contributed by atoms with Gasteiger partial charge in [0.25, 0.3) is 11.5 Å². The fraction of sp³-hybridized carbons (Fsp3) is 0.222. The van der Waals surface area contributed by atoms with Gasteiger partial charge in [0.2, 0.25) is 0 Å². The number of anilines is 1. The van der Waals surface area contributed by atoms with Crippen molar-refractivity contribution in [3.05, 3.63) is 68.0 Å². The van der Waals surface area contributed by atoms with Crippen LogP contribution >= 0.6 is 0 Å². The van der Waals surface area contributed by atoms with Crippen molar-refractivity contribution in [3.63, 3.8) is 0 Å². The van der Waals surface area contributed by atoms with E-state index < -0.39 is 11.2 Å². The van der Waals surface area contributed by atoms with Crippen molar-refractivity contribution in [2.45, 2.75) is 13.8 Å². The first kappa shape index (κ1) is 16.6. The second-order valence-electron chi connectivity index (χ2n) is 6.00. The molecule has 7 heteroatoms. The topological polar surface area (TPSA) is 86.0 Å². The van der Waals surface area contributed by atoms with Crippen LogP contribution in [0.15, 0.2) is 40.1 Å². The molecule has 128 valence electrons. The molecular formula is C18H18N4O3. The summed E-state index contributed by atoms with van der Waals surface area (Å²) in [5, 5.41) is 3.03. The third-order valence-corrected chi connectivity index (χ3v) is 4.40. The summed E-state index contributed by atoms with van der Waals surface area (Å²) < 4.78 is 2.31. The normalized spacial score (nSPS) is 10.9. The molecule has 0 bridgehead atoms. The molecule has 0 spiro atoms. The summed E-state index contributed by atoms with van der Waals surface area (Å²) in [5.41, 5.74) is 2.26. The Kier molecular flexibility index (Phi) is 4.00. The number of hydrogen-bond donors (Lipinski definition) is 1. The molecule has 0 aliphatic carbocycles. The lowest BCUT2D eigenvalue weighted by Crippen LogP contribution is -2.37. The number of hydrogen-bond acceptors (Lipinski definition) is 4. The van der Waals surface area contributed by atoms with Crippen LogP contribution in [-0.2, 0) is 14.1 Å². The Hall–Kier alpha value is -3.22. The molecule has 0 aliphatic heterocycles. The number of amides is 1. The van der Waals surface area contributed by atoms with Crippen molar-refractivity contribution in [1.29, 1.82) is 0 Å². The molecule has 0 aliphatic rings. The van der Waals surface area contributed by atoms with Crippen LogP contribution in [0.3, 0.4) is 0 Å². The molecule has 0 unspecified atom stereocenters. The zero-order chi connectivity index (χ0) is 18.3. The van der Waals surface area contributed by atoms with Gasteiger partial charge in [-0.15, -0.1) is 0 Å². The number of carbonyl (C=O) groups is 1. The number of rotatable bonds is 2. The number of nitrogens with zero attached hydrogens (tertiary/aromatic N) is 3. The monoisotopic (exact) mass is 338 g/mol. The van der Waals surface area contributed by atoms with Crippen LogP contribution in [0.25, 0.3) is 11.0 Å². The molecule has 25 heavy (non-hydrogen) atoms. The highest BCUT2D eigenvalue weighted by Crippen LogP contribution is 2.16. The molecule has 3 rings (SSSR count). The zero-order valence-corrected chi connectivity index (χ0v) is 14.5. The van der Waals surface area contributed by atoms with Gasteiger partial charge in [-0.2, -0.15) is 0 Å². The second-order valence-corrected chi connectivity index (χ2v) is 6.00. The van der Waals surface area contributed by atoms with Crippen molar-refractivity contribution < 1.29 is 4.79 Å². The fourth-order valence-corrected chi connectivity index (χ4v) is 2.73. The largest absolute Gasteiger partial charge is 0.332 e. The van der Waals surface area contributed by atoms with E-state index in [-0.39, 0.29) is 16.9 Å². The van der Waals surface area contributed by atoms with Crippen LogP contribution < -0.4 is 16.6 Å². The highest BCUT2D eigenvalue weighted by atomic mass is 16.2. The van der Waals surface area contributed by atoms with Crippen molar-refractivity contribution in [1.82, 2.24) is 14.1 Å². The van der Waals surface area contributed by atoms with Gasteiger partial charge in [0.15, 0.2) is 0 Å². The van der Waals surface area contributed by atoms with Gasteiger partial charge in [-0.1, -0.05) is 12.1 Å². The maximum Gasteiger partial charge on any atom is 0.332 e. The molecule has 0 radical (unpaired) electrons. The minimum Gasteiger partial charge on any atom is -0.321 e. The fourth-order valence-electron chi connectivity index (χ4n) is 2.73. The molecule has 0 saturated carbocycles. The quantitative estimate of drug-likeness (QED) is 0.767. The molecule has 0 fully saturated rings. The van der Waals surface area contributed by atoms with Crippen molar-refractivity contribution >= 4 is 22.6 Å². The van der Waals surface area contributed by atoms with Crippen LogP contribution in [0.1, 0.15) is 21.5 Å². The van der Waals surface area contributed by atoms with E-state index in [1.165, 1.54) is 23.9 Å². The Bertz CT molecular complexity index is 1130. The predicted molar refractivity (Wildman–Crippen MR) is 96.1 cm³/mol. The molecule has 2 aromatic heterocycles. The summed E-state index contributed by atoms with van der Waals surface area (Å²) in [7, 11) is 2.96.